The van der Waals surface area contributed by atoms with Gasteiger partial charge in [-0.1, -0.05) is 73.3 Å². The molecule has 7 nitrogen and oxygen atoms in total. The van der Waals surface area contributed by atoms with Crippen molar-refractivity contribution in [3.05, 3.63) is 90.0 Å². The minimum Gasteiger partial charge on any atom is -0.494 e. The molecular weight excluding hydrogens is 458 g/mol. The quantitative estimate of drug-likeness (QED) is 0.191. The average Bonchev–Trinajstić information content (AvgIpc) is 3.33. The highest BCUT2D eigenvalue weighted by Crippen LogP contribution is 2.28. The van der Waals surface area contributed by atoms with Crippen LogP contribution in [0.1, 0.15) is 25.0 Å². The molecule has 0 aliphatic rings. The number of hydrogen-bond donors (Lipinski definition) is 1. The fraction of sp³-hybridized carbons (Fsp3) is 0.185. The van der Waals surface area contributed by atoms with Gasteiger partial charge in [0.1, 0.15) is 5.75 Å². The van der Waals surface area contributed by atoms with Crippen molar-refractivity contribution in [1.29, 1.82) is 0 Å². The van der Waals surface area contributed by atoms with Crippen molar-refractivity contribution in [3.8, 4) is 22.8 Å². The van der Waals surface area contributed by atoms with Crippen molar-refractivity contribution in [3.63, 3.8) is 0 Å². The Kier molecular flexibility index (Phi) is 8.30. The molecule has 1 N–H and O–H groups in total. The van der Waals surface area contributed by atoms with Crippen LogP contribution in [0, 0.1) is 0 Å². The van der Waals surface area contributed by atoms with E-state index < -0.39 is 0 Å². The van der Waals surface area contributed by atoms with E-state index >= 15 is 0 Å². The summed E-state index contributed by atoms with van der Waals surface area (Å²) in [5, 5.41) is 13.5. The third-order valence-electron chi connectivity index (χ3n) is 5.19. The Bertz CT molecular complexity index is 1270. The van der Waals surface area contributed by atoms with Gasteiger partial charge in [-0.2, -0.15) is 5.10 Å². The summed E-state index contributed by atoms with van der Waals surface area (Å²) in [5.74, 6) is 1.42. The number of rotatable bonds is 10. The summed E-state index contributed by atoms with van der Waals surface area (Å²) in [6, 6.07) is 25.7. The second-order valence-corrected chi connectivity index (χ2v) is 8.55. The van der Waals surface area contributed by atoms with Crippen molar-refractivity contribution in [2.45, 2.75) is 25.4 Å². The van der Waals surface area contributed by atoms with Gasteiger partial charge in [0.15, 0.2) is 11.0 Å². The van der Waals surface area contributed by atoms with E-state index in [0.717, 1.165) is 29.0 Å². The third-order valence-corrected chi connectivity index (χ3v) is 6.12. The second kappa shape index (κ2) is 12.0. The molecule has 3 aromatic carbocycles. The summed E-state index contributed by atoms with van der Waals surface area (Å²) >= 11 is 1.30. The number of amides is 1. The van der Waals surface area contributed by atoms with Gasteiger partial charge < -0.3 is 4.74 Å². The zero-order chi connectivity index (χ0) is 24.5. The molecule has 35 heavy (non-hydrogen) atoms. The fourth-order valence-electron chi connectivity index (χ4n) is 3.41. The first-order valence-corrected chi connectivity index (χ1v) is 12.4. The first kappa shape index (κ1) is 24.2. The molecule has 178 valence electrons. The van der Waals surface area contributed by atoms with E-state index in [2.05, 4.69) is 39.8 Å². The second-order valence-electron chi connectivity index (χ2n) is 7.61. The molecule has 0 radical (unpaired) electrons. The van der Waals surface area contributed by atoms with Crippen LogP contribution in [0.25, 0.3) is 17.1 Å². The number of aryl methyl sites for hydroxylation is 1. The van der Waals surface area contributed by atoms with E-state index in [-0.39, 0.29) is 11.7 Å². The van der Waals surface area contributed by atoms with Gasteiger partial charge in [-0.25, -0.2) is 5.43 Å². The summed E-state index contributed by atoms with van der Waals surface area (Å²) in [6.07, 6.45) is 2.62. The van der Waals surface area contributed by atoms with Gasteiger partial charge in [0.2, 0.25) is 0 Å². The molecule has 0 aliphatic heterocycles. The van der Waals surface area contributed by atoms with E-state index in [0.29, 0.717) is 17.6 Å². The van der Waals surface area contributed by atoms with Crippen LogP contribution < -0.4 is 10.2 Å². The lowest BCUT2D eigenvalue weighted by Gasteiger charge is -2.11. The van der Waals surface area contributed by atoms with Crippen LogP contribution in [0.2, 0.25) is 0 Å². The standard InChI is InChI=1S/C27H27N5O2S/c1-3-20-10-12-21(13-11-20)18-28-29-25(33)19-35-27-31-30-26(22-8-6-5-7-9-22)32(27)23-14-16-24(17-15-23)34-4-2/h5-18H,3-4,19H2,1-2H3,(H,29,33)/b28-18+. The zero-order valence-corrected chi connectivity index (χ0v) is 20.5. The predicted molar refractivity (Wildman–Crippen MR) is 140 cm³/mol. The van der Waals surface area contributed by atoms with Gasteiger partial charge in [-0.05, 0) is 48.7 Å². The molecule has 4 rings (SSSR count). The van der Waals surface area contributed by atoms with Gasteiger partial charge in [-0.3, -0.25) is 9.36 Å². The maximum Gasteiger partial charge on any atom is 0.250 e. The largest absolute Gasteiger partial charge is 0.494 e. The molecule has 1 heterocycles. The normalized spacial score (nSPS) is 11.0. The molecule has 0 atom stereocenters. The van der Waals surface area contributed by atoms with E-state index in [4.69, 9.17) is 4.74 Å². The highest BCUT2D eigenvalue weighted by molar-refractivity contribution is 7.99. The first-order valence-electron chi connectivity index (χ1n) is 11.5. The molecule has 0 unspecified atom stereocenters. The number of benzene rings is 3. The zero-order valence-electron chi connectivity index (χ0n) is 19.7. The van der Waals surface area contributed by atoms with Crippen molar-refractivity contribution < 1.29 is 9.53 Å². The Morgan fingerprint density at radius 3 is 2.43 bits per heavy atom. The Balaban J connectivity index is 1.48. The SMILES string of the molecule is CCOc1ccc(-n2c(SCC(=O)N/N=C/c3ccc(CC)cc3)nnc2-c2ccccc2)cc1. The Hall–Kier alpha value is -3.91. The van der Waals surface area contributed by atoms with Crippen molar-refractivity contribution in [1.82, 2.24) is 20.2 Å². The number of nitrogens with one attached hydrogen (secondary N) is 1. The number of carbonyl (C=O) groups is 1. The highest BCUT2D eigenvalue weighted by atomic mass is 32.2. The minimum absolute atomic E-state index is 0.149. The van der Waals surface area contributed by atoms with Gasteiger partial charge in [0.05, 0.1) is 18.6 Å². The molecule has 8 heteroatoms. The monoisotopic (exact) mass is 485 g/mol. The molecule has 0 spiro atoms. The lowest BCUT2D eigenvalue weighted by Crippen LogP contribution is -2.20. The van der Waals surface area contributed by atoms with Crippen LogP contribution in [0.5, 0.6) is 5.75 Å². The number of nitrogens with zero attached hydrogens (tertiary/aromatic N) is 4. The summed E-state index contributed by atoms with van der Waals surface area (Å²) in [7, 11) is 0. The average molecular weight is 486 g/mol. The fourth-order valence-corrected chi connectivity index (χ4v) is 4.15. The molecule has 4 aromatic rings. The molecule has 1 amide bonds. The number of thioether (sulfide) groups is 1. The predicted octanol–water partition coefficient (Wildman–Crippen LogP) is 5.14. The first-order chi connectivity index (χ1) is 17.2. The molecule has 1 aromatic heterocycles. The Labute approximate surface area is 209 Å². The van der Waals surface area contributed by atoms with Gasteiger partial charge in [0.25, 0.3) is 5.91 Å². The Morgan fingerprint density at radius 2 is 1.74 bits per heavy atom. The van der Waals surface area contributed by atoms with Gasteiger partial charge >= 0.3 is 0 Å². The maximum absolute atomic E-state index is 12.4. The molecular formula is C27H27N5O2S. The smallest absolute Gasteiger partial charge is 0.250 e. The van der Waals surface area contributed by atoms with Crippen LogP contribution >= 0.6 is 11.8 Å². The minimum atomic E-state index is -0.223. The molecule has 0 bridgehead atoms. The highest BCUT2D eigenvalue weighted by Gasteiger charge is 2.17. The maximum atomic E-state index is 12.4. The van der Waals surface area contributed by atoms with Crippen LogP contribution in [0.3, 0.4) is 0 Å². The summed E-state index contributed by atoms with van der Waals surface area (Å²) < 4.78 is 7.52. The summed E-state index contributed by atoms with van der Waals surface area (Å²) in [4.78, 5) is 12.4. The third kappa shape index (κ3) is 6.36. The lowest BCUT2D eigenvalue weighted by atomic mass is 10.1. The number of hydrogen-bond acceptors (Lipinski definition) is 6. The number of carbonyl (C=O) groups excluding carboxylic acids is 1. The van der Waals surface area contributed by atoms with E-state index in [1.165, 1.54) is 17.3 Å². The van der Waals surface area contributed by atoms with Crippen LogP contribution in [-0.4, -0.2) is 39.2 Å². The summed E-state index contributed by atoms with van der Waals surface area (Å²) in [6.45, 7) is 4.66. The van der Waals surface area contributed by atoms with Crippen LogP contribution in [0.15, 0.2) is 89.1 Å². The van der Waals surface area contributed by atoms with E-state index in [1.807, 2.05) is 78.2 Å². The van der Waals surface area contributed by atoms with Crippen molar-refractivity contribution >= 4 is 23.9 Å². The van der Waals surface area contributed by atoms with E-state index in [1.54, 1.807) is 6.21 Å². The van der Waals surface area contributed by atoms with Gasteiger partial charge in [0, 0.05) is 11.3 Å². The number of ether oxygens (including phenoxy) is 1. The molecule has 0 fully saturated rings. The molecule has 0 saturated carbocycles. The van der Waals surface area contributed by atoms with Crippen LogP contribution in [-0.2, 0) is 11.2 Å². The van der Waals surface area contributed by atoms with Crippen molar-refractivity contribution in [2.75, 3.05) is 12.4 Å². The molecule has 0 saturated heterocycles. The lowest BCUT2D eigenvalue weighted by molar-refractivity contribution is -0.118. The van der Waals surface area contributed by atoms with Crippen molar-refractivity contribution in [2.24, 2.45) is 5.10 Å². The topological polar surface area (TPSA) is 81.4 Å². The van der Waals surface area contributed by atoms with E-state index in [9.17, 15) is 4.79 Å². The molecule has 0 aliphatic carbocycles. The summed E-state index contributed by atoms with van der Waals surface area (Å²) in [5.41, 5.74) is 6.59. The number of aromatic nitrogens is 3. The van der Waals surface area contributed by atoms with Gasteiger partial charge in [-0.15, -0.1) is 10.2 Å². The Morgan fingerprint density at radius 1 is 1.00 bits per heavy atom. The number of hydrazone groups is 1. The van der Waals surface area contributed by atoms with Crippen LogP contribution in [0.4, 0.5) is 0 Å².